The highest BCUT2D eigenvalue weighted by molar-refractivity contribution is 5.90. The highest BCUT2D eigenvalue weighted by atomic mass is 16.6. The number of rotatable bonds is 4. The minimum Gasteiger partial charge on any atom is -0.481 e. The van der Waals surface area contributed by atoms with Crippen molar-refractivity contribution in [3.8, 4) is 0 Å². The molecule has 19 heavy (non-hydrogen) atoms. The molecule has 0 saturated carbocycles. The third kappa shape index (κ3) is 3.94. The van der Waals surface area contributed by atoms with Gasteiger partial charge < -0.3 is 14.7 Å². The van der Waals surface area contributed by atoms with E-state index in [2.05, 4.69) is 0 Å². The van der Waals surface area contributed by atoms with Crippen LogP contribution in [0.25, 0.3) is 0 Å². The normalized spacial score (nSPS) is 21.4. The summed E-state index contributed by atoms with van der Waals surface area (Å²) in [7, 11) is 0. The number of carbonyl (C=O) groups excluding carboxylic acids is 2. The van der Waals surface area contributed by atoms with Gasteiger partial charge in [0, 0.05) is 13.0 Å². The summed E-state index contributed by atoms with van der Waals surface area (Å²) < 4.78 is 5.27. The van der Waals surface area contributed by atoms with Crippen LogP contribution in [-0.4, -0.2) is 46.0 Å². The van der Waals surface area contributed by atoms with Crippen LogP contribution in [0, 0.1) is 5.92 Å². The topological polar surface area (TPSA) is 83.9 Å². The van der Waals surface area contributed by atoms with Gasteiger partial charge in [-0.1, -0.05) is 6.92 Å². The lowest BCUT2D eigenvalue weighted by Gasteiger charge is -2.29. The quantitative estimate of drug-likeness (QED) is 0.772. The highest BCUT2D eigenvalue weighted by Crippen LogP contribution is 2.23. The number of esters is 1. The molecule has 0 aromatic carbocycles. The van der Waals surface area contributed by atoms with Gasteiger partial charge in [0.15, 0.2) is 0 Å². The van der Waals surface area contributed by atoms with Crippen molar-refractivity contribution < 1.29 is 24.2 Å². The molecule has 1 heterocycles. The molecule has 0 aromatic rings. The van der Waals surface area contributed by atoms with E-state index in [1.807, 2.05) is 0 Å². The maximum Gasteiger partial charge on any atom is 0.329 e. The summed E-state index contributed by atoms with van der Waals surface area (Å²) in [6.07, 6.45) is 0.363. The van der Waals surface area contributed by atoms with Gasteiger partial charge in [-0.15, -0.1) is 0 Å². The second kappa shape index (κ2) is 5.59. The van der Waals surface area contributed by atoms with E-state index >= 15 is 0 Å². The zero-order valence-corrected chi connectivity index (χ0v) is 11.8. The van der Waals surface area contributed by atoms with E-state index in [1.165, 1.54) is 4.90 Å². The Bertz CT molecular complexity index is 385. The number of carbonyl (C=O) groups is 3. The van der Waals surface area contributed by atoms with Crippen LogP contribution in [0.15, 0.2) is 0 Å². The molecule has 1 rings (SSSR count). The average Bonchev–Trinajstić information content (AvgIpc) is 2.59. The molecule has 1 amide bonds. The van der Waals surface area contributed by atoms with Gasteiger partial charge >= 0.3 is 11.9 Å². The van der Waals surface area contributed by atoms with Crippen molar-refractivity contribution in [3.05, 3.63) is 0 Å². The second-order valence-corrected chi connectivity index (χ2v) is 5.74. The van der Waals surface area contributed by atoms with Crippen molar-refractivity contribution in [2.75, 3.05) is 6.54 Å². The summed E-state index contributed by atoms with van der Waals surface area (Å²) >= 11 is 0. The third-order valence-corrected chi connectivity index (χ3v) is 2.95. The Kier molecular flexibility index (Phi) is 4.55. The molecule has 6 heteroatoms. The van der Waals surface area contributed by atoms with E-state index in [1.54, 1.807) is 27.7 Å². The first-order valence-electron chi connectivity index (χ1n) is 6.41. The number of nitrogens with zero attached hydrogens (tertiary/aromatic N) is 1. The number of amides is 1. The second-order valence-electron chi connectivity index (χ2n) is 5.74. The van der Waals surface area contributed by atoms with Gasteiger partial charge in [-0.3, -0.25) is 9.59 Å². The van der Waals surface area contributed by atoms with Crippen molar-refractivity contribution in [2.24, 2.45) is 5.92 Å². The van der Waals surface area contributed by atoms with E-state index in [9.17, 15) is 14.4 Å². The third-order valence-electron chi connectivity index (χ3n) is 2.95. The minimum absolute atomic E-state index is 0.0470. The number of ether oxygens (including phenoxy) is 1. The van der Waals surface area contributed by atoms with Gasteiger partial charge in [-0.2, -0.15) is 0 Å². The summed E-state index contributed by atoms with van der Waals surface area (Å²) in [5, 5.41) is 8.93. The Labute approximate surface area is 112 Å². The van der Waals surface area contributed by atoms with Gasteiger partial charge in [0.25, 0.3) is 0 Å². The lowest BCUT2D eigenvalue weighted by atomic mass is 10.1. The first kappa shape index (κ1) is 15.5. The molecular formula is C13H21NO5. The molecule has 1 N–H and O–H groups in total. The first-order valence-corrected chi connectivity index (χ1v) is 6.41. The van der Waals surface area contributed by atoms with Crippen LogP contribution < -0.4 is 0 Å². The SMILES string of the molecule is CCC(C(=O)OC(C)(C)C)N1CC(C(=O)O)CC1=O. The summed E-state index contributed by atoms with van der Waals surface area (Å²) in [6, 6.07) is -0.698. The van der Waals surface area contributed by atoms with Gasteiger partial charge in [0.05, 0.1) is 5.92 Å². The van der Waals surface area contributed by atoms with Gasteiger partial charge in [0.1, 0.15) is 11.6 Å². The fourth-order valence-electron chi connectivity index (χ4n) is 2.08. The average molecular weight is 271 g/mol. The molecule has 2 atom stereocenters. The van der Waals surface area contributed by atoms with E-state index < -0.39 is 29.5 Å². The lowest BCUT2D eigenvalue weighted by molar-refractivity contribution is -0.164. The molecule has 108 valence electrons. The number of hydrogen-bond donors (Lipinski definition) is 1. The Morgan fingerprint density at radius 2 is 2.05 bits per heavy atom. The van der Waals surface area contributed by atoms with Crippen LogP contribution in [0.5, 0.6) is 0 Å². The number of carboxylic acids is 1. The van der Waals surface area contributed by atoms with E-state index in [-0.39, 0.29) is 18.9 Å². The Hall–Kier alpha value is -1.59. The molecule has 0 aromatic heterocycles. The largest absolute Gasteiger partial charge is 0.481 e. The highest BCUT2D eigenvalue weighted by Gasteiger charge is 2.41. The van der Waals surface area contributed by atoms with Crippen molar-refractivity contribution in [3.63, 3.8) is 0 Å². The van der Waals surface area contributed by atoms with Crippen LogP contribution >= 0.6 is 0 Å². The van der Waals surface area contributed by atoms with Crippen LogP contribution in [0.2, 0.25) is 0 Å². The maximum absolute atomic E-state index is 12.0. The molecule has 2 unspecified atom stereocenters. The summed E-state index contributed by atoms with van der Waals surface area (Å²) in [5.41, 5.74) is -0.626. The van der Waals surface area contributed by atoms with E-state index in [4.69, 9.17) is 9.84 Å². The number of carboxylic acid groups (broad SMARTS) is 1. The van der Waals surface area contributed by atoms with Gasteiger partial charge in [0.2, 0.25) is 5.91 Å². The molecule has 0 spiro atoms. The fourth-order valence-corrected chi connectivity index (χ4v) is 2.08. The molecule has 0 bridgehead atoms. The fraction of sp³-hybridized carbons (Fsp3) is 0.769. The molecule has 1 aliphatic rings. The van der Waals surface area contributed by atoms with Crippen molar-refractivity contribution in [1.29, 1.82) is 0 Å². The first-order chi connectivity index (χ1) is 8.65. The smallest absolute Gasteiger partial charge is 0.329 e. The van der Waals surface area contributed by atoms with E-state index in [0.29, 0.717) is 6.42 Å². The van der Waals surface area contributed by atoms with Crippen molar-refractivity contribution in [2.45, 2.75) is 52.2 Å². The molecule has 0 aliphatic carbocycles. The Balaban J connectivity index is 2.78. The van der Waals surface area contributed by atoms with Crippen molar-refractivity contribution >= 4 is 17.8 Å². The molecular weight excluding hydrogens is 250 g/mol. The number of likely N-dealkylation sites (tertiary alicyclic amines) is 1. The summed E-state index contributed by atoms with van der Waals surface area (Å²) in [6.45, 7) is 7.11. The van der Waals surface area contributed by atoms with Crippen LogP contribution in [0.1, 0.15) is 40.5 Å². The zero-order valence-electron chi connectivity index (χ0n) is 11.8. The molecule has 1 aliphatic heterocycles. The molecule has 1 saturated heterocycles. The molecule has 0 radical (unpaired) electrons. The Morgan fingerprint density at radius 3 is 2.42 bits per heavy atom. The minimum atomic E-state index is -1.00. The zero-order chi connectivity index (χ0) is 14.8. The van der Waals surface area contributed by atoms with Crippen LogP contribution in [-0.2, 0) is 19.1 Å². The lowest BCUT2D eigenvalue weighted by Crippen LogP contribution is -2.45. The van der Waals surface area contributed by atoms with Crippen LogP contribution in [0.3, 0.4) is 0 Å². The van der Waals surface area contributed by atoms with Gasteiger partial charge in [-0.05, 0) is 27.2 Å². The van der Waals surface area contributed by atoms with E-state index in [0.717, 1.165) is 0 Å². The predicted molar refractivity (Wildman–Crippen MR) is 67.4 cm³/mol. The predicted octanol–water partition coefficient (Wildman–Crippen LogP) is 1.04. The standard InChI is InChI=1S/C13H21NO5/c1-5-9(12(18)19-13(2,3)4)14-7-8(11(16)17)6-10(14)15/h8-9H,5-7H2,1-4H3,(H,16,17). The Morgan fingerprint density at radius 1 is 1.47 bits per heavy atom. The number of aliphatic carboxylic acids is 1. The molecule has 1 fully saturated rings. The maximum atomic E-state index is 12.0. The molecule has 6 nitrogen and oxygen atoms in total. The van der Waals surface area contributed by atoms with Crippen molar-refractivity contribution in [1.82, 2.24) is 4.90 Å². The summed E-state index contributed by atoms with van der Waals surface area (Å²) in [5.74, 6) is -2.52. The number of hydrogen-bond acceptors (Lipinski definition) is 4. The summed E-state index contributed by atoms with van der Waals surface area (Å²) in [4.78, 5) is 36.1. The van der Waals surface area contributed by atoms with Crippen LogP contribution in [0.4, 0.5) is 0 Å². The van der Waals surface area contributed by atoms with Gasteiger partial charge in [-0.25, -0.2) is 4.79 Å². The monoisotopic (exact) mass is 271 g/mol.